The van der Waals surface area contributed by atoms with Gasteiger partial charge >= 0.3 is 0 Å². The van der Waals surface area contributed by atoms with Crippen LogP contribution in [0, 0.1) is 5.82 Å². The van der Waals surface area contributed by atoms with Crippen molar-refractivity contribution in [3.8, 4) is 11.3 Å². The number of hydrogen-bond donors (Lipinski definition) is 0. The Morgan fingerprint density at radius 2 is 1.96 bits per heavy atom. The number of halogens is 1. The molecular weight excluding hydrogens is 347 g/mol. The lowest BCUT2D eigenvalue weighted by Crippen LogP contribution is -2.42. The number of benzene rings is 1. The van der Waals surface area contributed by atoms with E-state index in [-0.39, 0.29) is 11.4 Å². The van der Waals surface area contributed by atoms with E-state index < -0.39 is 6.10 Å². The molecule has 27 heavy (non-hydrogen) atoms. The first-order valence-corrected chi connectivity index (χ1v) is 8.73. The molecule has 1 aliphatic rings. The van der Waals surface area contributed by atoms with Crippen molar-refractivity contribution in [1.29, 1.82) is 0 Å². The maximum atomic E-state index is 14.2. The average Bonchev–Trinajstić information content (AvgIpc) is 2.71. The number of hydrogen-bond acceptors (Lipinski definition) is 5. The molecule has 7 heteroatoms. The van der Waals surface area contributed by atoms with E-state index in [9.17, 15) is 9.18 Å². The van der Waals surface area contributed by atoms with Gasteiger partial charge in [-0.3, -0.25) is 14.3 Å². The van der Waals surface area contributed by atoms with Gasteiger partial charge in [-0.1, -0.05) is 18.2 Å². The van der Waals surface area contributed by atoms with Gasteiger partial charge < -0.3 is 9.64 Å². The van der Waals surface area contributed by atoms with E-state index in [0.717, 1.165) is 5.56 Å². The van der Waals surface area contributed by atoms with Crippen molar-refractivity contribution in [2.75, 3.05) is 24.6 Å². The highest BCUT2D eigenvalue weighted by atomic mass is 19.1. The number of anilines is 1. The summed E-state index contributed by atoms with van der Waals surface area (Å²) in [7, 11) is 1.69. The first-order valence-electron chi connectivity index (χ1n) is 8.73. The van der Waals surface area contributed by atoms with Crippen molar-refractivity contribution in [1.82, 2.24) is 14.5 Å². The second-order valence-electron chi connectivity index (χ2n) is 6.40. The molecule has 0 bridgehead atoms. The molecule has 138 valence electrons. The van der Waals surface area contributed by atoms with E-state index in [2.05, 4.69) is 9.97 Å². The highest BCUT2D eigenvalue weighted by molar-refractivity contribution is 5.59. The van der Waals surface area contributed by atoms with Gasteiger partial charge in [-0.25, -0.2) is 9.37 Å². The van der Waals surface area contributed by atoms with Crippen molar-refractivity contribution < 1.29 is 9.13 Å². The van der Waals surface area contributed by atoms with E-state index in [1.54, 1.807) is 37.6 Å². The number of rotatable bonds is 3. The van der Waals surface area contributed by atoms with Crippen LogP contribution in [0.3, 0.4) is 0 Å². The smallest absolute Gasteiger partial charge is 0.255 e. The minimum atomic E-state index is -0.415. The average molecular weight is 366 g/mol. The van der Waals surface area contributed by atoms with Gasteiger partial charge in [0.1, 0.15) is 11.9 Å². The summed E-state index contributed by atoms with van der Waals surface area (Å²) in [5.41, 5.74) is 1.77. The molecule has 0 radical (unpaired) electrons. The summed E-state index contributed by atoms with van der Waals surface area (Å²) in [6.45, 7) is 1.42. The van der Waals surface area contributed by atoms with Crippen LogP contribution < -0.4 is 10.5 Å². The lowest BCUT2D eigenvalue weighted by Gasteiger charge is -2.34. The lowest BCUT2D eigenvalue weighted by atomic mass is 10.1. The molecule has 3 aromatic rings. The molecule has 2 aromatic heterocycles. The lowest BCUT2D eigenvalue weighted by molar-refractivity contribution is 0.0367. The highest BCUT2D eigenvalue weighted by Crippen LogP contribution is 2.27. The predicted octanol–water partition coefficient (Wildman–Crippen LogP) is 2.56. The Labute approximate surface area is 155 Å². The van der Waals surface area contributed by atoms with Gasteiger partial charge in [-0.2, -0.15) is 0 Å². The fourth-order valence-electron chi connectivity index (χ4n) is 3.24. The fourth-order valence-corrected chi connectivity index (χ4v) is 3.24. The van der Waals surface area contributed by atoms with Crippen LogP contribution in [0.1, 0.15) is 11.7 Å². The van der Waals surface area contributed by atoms with Crippen LogP contribution in [0.4, 0.5) is 10.3 Å². The summed E-state index contributed by atoms with van der Waals surface area (Å²) in [5.74, 6) is 0.246. The summed E-state index contributed by atoms with van der Waals surface area (Å²) in [6, 6.07) is 11.7. The molecule has 0 saturated carbocycles. The Morgan fingerprint density at radius 1 is 1.19 bits per heavy atom. The van der Waals surface area contributed by atoms with Crippen molar-refractivity contribution in [3.63, 3.8) is 0 Å². The standard InChI is InChI=1S/C20H19FN4O2/c1-24-19(26)12-17(14-6-8-22-9-7-14)23-20(24)25-10-11-27-18(13-25)15-4-2-3-5-16(15)21/h2-9,12,18H,10-11,13H2,1H3. The topological polar surface area (TPSA) is 60.2 Å². The molecule has 4 rings (SSSR count). The predicted molar refractivity (Wildman–Crippen MR) is 100 cm³/mol. The molecule has 1 saturated heterocycles. The summed E-state index contributed by atoms with van der Waals surface area (Å²) in [6.07, 6.45) is 2.91. The van der Waals surface area contributed by atoms with E-state index in [4.69, 9.17) is 4.74 Å². The van der Waals surface area contributed by atoms with Crippen LogP contribution in [-0.2, 0) is 11.8 Å². The van der Waals surface area contributed by atoms with Crippen LogP contribution in [0.2, 0.25) is 0 Å². The second-order valence-corrected chi connectivity index (χ2v) is 6.40. The molecule has 3 heterocycles. The van der Waals surface area contributed by atoms with Crippen LogP contribution >= 0.6 is 0 Å². The van der Waals surface area contributed by atoms with E-state index >= 15 is 0 Å². The Bertz CT molecular complexity index is 1010. The second kappa shape index (κ2) is 7.28. The minimum absolute atomic E-state index is 0.152. The SMILES string of the molecule is Cn1c(N2CCOC(c3ccccc3F)C2)nc(-c2ccncc2)cc1=O. The van der Waals surface area contributed by atoms with Crippen LogP contribution in [0.25, 0.3) is 11.3 Å². The van der Waals surface area contributed by atoms with Gasteiger partial charge in [-0.15, -0.1) is 0 Å². The molecule has 0 amide bonds. The quantitative estimate of drug-likeness (QED) is 0.713. The Morgan fingerprint density at radius 3 is 2.74 bits per heavy atom. The summed E-state index contributed by atoms with van der Waals surface area (Å²) < 4.78 is 21.4. The number of aromatic nitrogens is 3. The molecule has 0 aliphatic carbocycles. The van der Waals surface area contributed by atoms with Crippen molar-refractivity contribution in [2.45, 2.75) is 6.10 Å². The van der Waals surface area contributed by atoms with E-state index in [1.807, 2.05) is 17.0 Å². The van der Waals surface area contributed by atoms with Gasteiger partial charge in [0.2, 0.25) is 5.95 Å². The zero-order valence-electron chi connectivity index (χ0n) is 14.9. The highest BCUT2D eigenvalue weighted by Gasteiger charge is 2.26. The summed E-state index contributed by atoms with van der Waals surface area (Å²) in [4.78, 5) is 23.1. The van der Waals surface area contributed by atoms with Crippen molar-refractivity contribution >= 4 is 5.95 Å². The first-order chi connectivity index (χ1) is 13.1. The molecule has 1 atom stereocenters. The maximum absolute atomic E-state index is 14.2. The normalized spacial score (nSPS) is 17.1. The third-order valence-electron chi connectivity index (χ3n) is 4.69. The number of nitrogens with zero attached hydrogens (tertiary/aromatic N) is 4. The summed E-state index contributed by atoms with van der Waals surface area (Å²) >= 11 is 0. The van der Waals surface area contributed by atoms with Crippen LogP contribution in [0.5, 0.6) is 0 Å². The van der Waals surface area contributed by atoms with Gasteiger partial charge in [0, 0.05) is 43.2 Å². The fraction of sp³-hybridized carbons (Fsp3) is 0.250. The molecule has 6 nitrogen and oxygen atoms in total. The summed E-state index contributed by atoms with van der Waals surface area (Å²) in [5, 5.41) is 0. The molecule has 1 aliphatic heterocycles. The Balaban J connectivity index is 1.69. The van der Waals surface area contributed by atoms with Gasteiger partial charge in [0.05, 0.1) is 18.8 Å². The molecular formula is C20H19FN4O2. The van der Waals surface area contributed by atoms with E-state index in [1.165, 1.54) is 16.7 Å². The number of ether oxygens (including phenoxy) is 1. The Kier molecular flexibility index (Phi) is 4.68. The third kappa shape index (κ3) is 3.46. The zero-order chi connectivity index (χ0) is 18.8. The van der Waals surface area contributed by atoms with Gasteiger partial charge in [0.25, 0.3) is 5.56 Å². The number of morpholine rings is 1. The van der Waals surface area contributed by atoms with Gasteiger partial charge in [-0.05, 0) is 18.2 Å². The van der Waals surface area contributed by atoms with Crippen LogP contribution in [0.15, 0.2) is 59.7 Å². The molecule has 0 spiro atoms. The molecule has 1 aromatic carbocycles. The minimum Gasteiger partial charge on any atom is -0.370 e. The largest absolute Gasteiger partial charge is 0.370 e. The number of pyridine rings is 1. The third-order valence-corrected chi connectivity index (χ3v) is 4.69. The monoisotopic (exact) mass is 366 g/mol. The Hall–Kier alpha value is -3.06. The first kappa shape index (κ1) is 17.4. The van der Waals surface area contributed by atoms with Crippen molar-refractivity contribution in [3.05, 3.63) is 76.6 Å². The van der Waals surface area contributed by atoms with Gasteiger partial charge in [0.15, 0.2) is 0 Å². The molecule has 1 fully saturated rings. The maximum Gasteiger partial charge on any atom is 0.255 e. The van der Waals surface area contributed by atoms with Crippen LogP contribution in [-0.4, -0.2) is 34.2 Å². The van der Waals surface area contributed by atoms with Crippen molar-refractivity contribution in [2.24, 2.45) is 7.05 Å². The molecule has 0 N–H and O–H groups in total. The van der Waals surface area contributed by atoms with E-state index in [0.29, 0.717) is 36.9 Å². The molecule has 1 unspecified atom stereocenters. The zero-order valence-corrected chi connectivity index (χ0v) is 14.9.